The minimum atomic E-state index is -0.262. The fraction of sp³-hybridized carbons (Fsp3) is 0.611. The molecule has 2 fully saturated rings. The highest BCUT2D eigenvalue weighted by atomic mass is 16.5. The molecule has 1 saturated carbocycles. The van der Waals surface area contributed by atoms with Crippen LogP contribution in [-0.4, -0.2) is 19.6 Å². The normalized spacial score (nSPS) is 26.7. The maximum absolute atomic E-state index is 11.5. The van der Waals surface area contributed by atoms with Crippen LogP contribution in [0.1, 0.15) is 60.5 Å². The molecule has 1 saturated heterocycles. The zero-order valence-electron chi connectivity index (χ0n) is 12.8. The number of hydrogen-bond donors (Lipinski definition) is 1. The van der Waals surface area contributed by atoms with E-state index < -0.39 is 0 Å². The van der Waals surface area contributed by atoms with E-state index in [4.69, 9.17) is 4.74 Å². The van der Waals surface area contributed by atoms with E-state index in [1.165, 1.54) is 51.2 Å². The summed E-state index contributed by atoms with van der Waals surface area (Å²) >= 11 is 0. The van der Waals surface area contributed by atoms with Gasteiger partial charge in [0.15, 0.2) is 0 Å². The molecule has 2 aliphatic rings. The van der Waals surface area contributed by atoms with Gasteiger partial charge in [0.25, 0.3) is 0 Å². The Morgan fingerprint density at radius 1 is 1.10 bits per heavy atom. The molecule has 3 nitrogen and oxygen atoms in total. The Balaban J connectivity index is 1.66. The van der Waals surface area contributed by atoms with Crippen molar-refractivity contribution in [3.63, 3.8) is 0 Å². The lowest BCUT2D eigenvalue weighted by atomic mass is 9.79. The summed E-state index contributed by atoms with van der Waals surface area (Å²) in [4.78, 5) is 11.5. The van der Waals surface area contributed by atoms with Crippen LogP contribution in [0.3, 0.4) is 0 Å². The second kappa shape index (κ2) is 6.61. The largest absolute Gasteiger partial charge is 0.465 e. The molecule has 0 unspecified atom stereocenters. The highest BCUT2D eigenvalue weighted by molar-refractivity contribution is 5.89. The Labute approximate surface area is 127 Å². The van der Waals surface area contributed by atoms with Gasteiger partial charge < -0.3 is 10.1 Å². The highest BCUT2D eigenvalue weighted by Gasteiger charge is 2.30. The summed E-state index contributed by atoms with van der Waals surface area (Å²) in [5.74, 6) is 1.56. The van der Waals surface area contributed by atoms with Crippen LogP contribution in [0.25, 0.3) is 0 Å². The fourth-order valence-corrected chi connectivity index (χ4v) is 4.03. The Hall–Kier alpha value is -1.35. The number of carbonyl (C=O) groups is 1. The molecular weight excluding hydrogens is 262 g/mol. The third-order valence-electron chi connectivity index (χ3n) is 5.24. The molecule has 21 heavy (non-hydrogen) atoms. The Kier molecular flexibility index (Phi) is 4.59. The van der Waals surface area contributed by atoms with Gasteiger partial charge in [-0.05, 0) is 48.9 Å². The van der Waals surface area contributed by atoms with Crippen LogP contribution in [0.2, 0.25) is 0 Å². The summed E-state index contributed by atoms with van der Waals surface area (Å²) in [6.45, 7) is 1.12. The standard InChI is InChI=1S/C18H25NO2/c1-21-18(20)15-8-6-14(7-9-15)17-12-16(10-11-19-17)13-4-2-3-5-13/h6-9,13,16-17,19H,2-5,10-12H2,1H3/t16-,17+/m1/s1. The van der Waals surface area contributed by atoms with Crippen molar-refractivity contribution < 1.29 is 9.53 Å². The predicted octanol–water partition coefficient (Wildman–Crippen LogP) is 3.70. The van der Waals surface area contributed by atoms with Gasteiger partial charge in [0.05, 0.1) is 12.7 Å². The number of piperidine rings is 1. The Morgan fingerprint density at radius 3 is 2.48 bits per heavy atom. The quantitative estimate of drug-likeness (QED) is 0.861. The van der Waals surface area contributed by atoms with E-state index in [1.54, 1.807) is 0 Å². The van der Waals surface area contributed by atoms with Crippen molar-refractivity contribution in [2.75, 3.05) is 13.7 Å². The van der Waals surface area contributed by atoms with Gasteiger partial charge in [-0.1, -0.05) is 37.8 Å². The Bertz CT molecular complexity index is 476. The molecule has 0 radical (unpaired) electrons. The first-order valence-electron chi connectivity index (χ1n) is 8.19. The third kappa shape index (κ3) is 3.29. The number of esters is 1. The minimum Gasteiger partial charge on any atom is -0.465 e. The van der Waals surface area contributed by atoms with E-state index in [0.29, 0.717) is 11.6 Å². The molecule has 114 valence electrons. The summed E-state index contributed by atoms with van der Waals surface area (Å²) in [7, 11) is 1.42. The second-order valence-electron chi connectivity index (χ2n) is 6.45. The molecule has 0 bridgehead atoms. The molecule has 1 aromatic rings. The van der Waals surface area contributed by atoms with Crippen molar-refractivity contribution in [2.24, 2.45) is 11.8 Å². The van der Waals surface area contributed by atoms with Crippen molar-refractivity contribution in [3.8, 4) is 0 Å². The highest BCUT2D eigenvalue weighted by Crippen LogP contribution is 2.39. The molecule has 1 heterocycles. The molecule has 0 amide bonds. The molecule has 1 aliphatic carbocycles. The van der Waals surface area contributed by atoms with Gasteiger partial charge in [0.2, 0.25) is 0 Å². The zero-order valence-corrected chi connectivity index (χ0v) is 12.8. The fourth-order valence-electron chi connectivity index (χ4n) is 4.03. The predicted molar refractivity (Wildman–Crippen MR) is 83.2 cm³/mol. The molecule has 0 spiro atoms. The monoisotopic (exact) mass is 287 g/mol. The van der Waals surface area contributed by atoms with E-state index >= 15 is 0 Å². The molecular formula is C18H25NO2. The first-order chi connectivity index (χ1) is 10.3. The third-order valence-corrected chi connectivity index (χ3v) is 5.24. The molecule has 1 aromatic carbocycles. The molecule has 1 N–H and O–H groups in total. The number of rotatable bonds is 3. The lowest BCUT2D eigenvalue weighted by Crippen LogP contribution is -2.34. The number of hydrogen-bond acceptors (Lipinski definition) is 3. The van der Waals surface area contributed by atoms with E-state index in [2.05, 4.69) is 17.4 Å². The SMILES string of the molecule is COC(=O)c1ccc([C@@H]2C[C@H](C3CCCC3)CCN2)cc1. The van der Waals surface area contributed by atoms with Gasteiger partial charge in [-0.25, -0.2) is 4.79 Å². The van der Waals surface area contributed by atoms with Crippen LogP contribution in [0.4, 0.5) is 0 Å². The van der Waals surface area contributed by atoms with Crippen molar-refractivity contribution in [1.82, 2.24) is 5.32 Å². The van der Waals surface area contributed by atoms with Crippen molar-refractivity contribution in [1.29, 1.82) is 0 Å². The van der Waals surface area contributed by atoms with Crippen LogP contribution in [0.5, 0.6) is 0 Å². The lowest BCUT2D eigenvalue weighted by molar-refractivity contribution is 0.0600. The summed E-state index contributed by atoms with van der Waals surface area (Å²) < 4.78 is 4.75. The van der Waals surface area contributed by atoms with Gasteiger partial charge in [0, 0.05) is 6.04 Å². The topological polar surface area (TPSA) is 38.3 Å². The number of carbonyl (C=O) groups excluding carboxylic acids is 1. The van der Waals surface area contributed by atoms with Gasteiger partial charge in [-0.15, -0.1) is 0 Å². The van der Waals surface area contributed by atoms with Crippen LogP contribution in [-0.2, 0) is 4.74 Å². The zero-order chi connectivity index (χ0) is 14.7. The summed E-state index contributed by atoms with van der Waals surface area (Å²) in [5, 5.41) is 3.64. The summed E-state index contributed by atoms with van der Waals surface area (Å²) in [6.07, 6.45) is 8.27. The average Bonchev–Trinajstić information content (AvgIpc) is 3.09. The molecule has 0 aromatic heterocycles. The minimum absolute atomic E-state index is 0.262. The first kappa shape index (κ1) is 14.6. The van der Waals surface area contributed by atoms with Gasteiger partial charge in [-0.3, -0.25) is 0 Å². The Morgan fingerprint density at radius 2 is 1.81 bits per heavy atom. The number of benzene rings is 1. The van der Waals surface area contributed by atoms with E-state index in [1.807, 2.05) is 12.1 Å². The molecule has 1 aliphatic heterocycles. The average molecular weight is 287 g/mol. The number of ether oxygens (including phenoxy) is 1. The maximum Gasteiger partial charge on any atom is 0.337 e. The summed E-state index contributed by atoms with van der Waals surface area (Å²) in [6, 6.07) is 8.34. The van der Waals surface area contributed by atoms with Gasteiger partial charge in [-0.2, -0.15) is 0 Å². The van der Waals surface area contributed by atoms with Crippen LogP contribution < -0.4 is 5.32 Å². The first-order valence-corrected chi connectivity index (χ1v) is 8.19. The van der Waals surface area contributed by atoms with Gasteiger partial charge >= 0.3 is 5.97 Å². The van der Waals surface area contributed by atoms with Crippen molar-refractivity contribution in [3.05, 3.63) is 35.4 Å². The lowest BCUT2D eigenvalue weighted by Gasteiger charge is -2.34. The van der Waals surface area contributed by atoms with Crippen LogP contribution >= 0.6 is 0 Å². The van der Waals surface area contributed by atoms with Crippen LogP contribution in [0.15, 0.2) is 24.3 Å². The van der Waals surface area contributed by atoms with E-state index in [9.17, 15) is 4.79 Å². The second-order valence-corrected chi connectivity index (χ2v) is 6.45. The molecule has 2 atom stereocenters. The number of methoxy groups -OCH3 is 1. The smallest absolute Gasteiger partial charge is 0.337 e. The van der Waals surface area contributed by atoms with E-state index in [-0.39, 0.29) is 5.97 Å². The van der Waals surface area contributed by atoms with E-state index in [0.717, 1.165) is 18.4 Å². The van der Waals surface area contributed by atoms with Gasteiger partial charge in [0.1, 0.15) is 0 Å². The summed E-state index contributed by atoms with van der Waals surface area (Å²) in [5.41, 5.74) is 1.93. The van der Waals surface area contributed by atoms with Crippen molar-refractivity contribution in [2.45, 2.75) is 44.6 Å². The maximum atomic E-state index is 11.5. The molecule has 3 rings (SSSR count). The van der Waals surface area contributed by atoms with Crippen molar-refractivity contribution >= 4 is 5.97 Å². The number of nitrogens with one attached hydrogen (secondary N) is 1. The molecule has 3 heteroatoms. The van der Waals surface area contributed by atoms with Crippen LogP contribution in [0, 0.1) is 11.8 Å².